The molecule has 3 aromatic carbocycles. The van der Waals surface area contributed by atoms with E-state index in [-0.39, 0.29) is 0 Å². The van der Waals surface area contributed by atoms with Gasteiger partial charge in [0.25, 0.3) is 0 Å². The summed E-state index contributed by atoms with van der Waals surface area (Å²) >= 11 is 3.77. The van der Waals surface area contributed by atoms with Crippen LogP contribution in [0.15, 0.2) is 77.7 Å². The molecule has 0 aliphatic carbocycles. The van der Waals surface area contributed by atoms with E-state index in [1.165, 1.54) is 5.56 Å². The first-order chi connectivity index (χ1) is 13.3. The third-order valence-electron chi connectivity index (χ3n) is 3.59. The Morgan fingerprint density at radius 3 is 1.52 bits per heavy atom. The van der Waals surface area contributed by atoms with Crippen LogP contribution in [0.1, 0.15) is 6.92 Å². The monoisotopic (exact) mass is 452 g/mol. The Balaban J connectivity index is 0.000000370. The summed E-state index contributed by atoms with van der Waals surface area (Å²) in [5, 5.41) is 0. The zero-order valence-corrected chi connectivity index (χ0v) is 17.2. The van der Waals surface area contributed by atoms with Crippen molar-refractivity contribution >= 4 is 20.4 Å². The average molecular weight is 452 g/mol. The Morgan fingerprint density at radius 2 is 1.10 bits per heavy atom. The van der Waals surface area contributed by atoms with Crippen molar-refractivity contribution in [2.24, 2.45) is 0 Å². The topological polar surface area (TPSA) is 9.23 Å². The predicted octanol–water partition coefficient (Wildman–Crippen LogP) is 8.17. The molecule has 0 bridgehead atoms. The number of benzene rings is 3. The second kappa shape index (κ2) is 7.92. The first kappa shape index (κ1) is 23.1. The van der Waals surface area contributed by atoms with Crippen molar-refractivity contribution < 1.29 is 29.9 Å². The normalized spacial score (nSPS) is 13.5. The molecule has 0 N–H and O–H groups in total. The van der Waals surface area contributed by atoms with E-state index in [0.717, 1.165) is 27.3 Å². The molecule has 0 saturated carbocycles. The molecule has 0 aliphatic rings. The molecule has 0 fully saturated rings. The summed E-state index contributed by atoms with van der Waals surface area (Å²) in [7, 11) is -10.7. The van der Waals surface area contributed by atoms with E-state index in [4.69, 9.17) is 4.74 Å². The molecule has 0 radical (unpaired) electrons. The fraction of sp³-hybridized carbons (Fsp3) is 0.100. The van der Waals surface area contributed by atoms with Crippen molar-refractivity contribution in [1.29, 1.82) is 0 Å². The van der Waals surface area contributed by atoms with Crippen LogP contribution in [0.2, 0.25) is 0 Å². The molecule has 9 heteroatoms. The molecule has 0 heterocycles. The van der Waals surface area contributed by atoms with Crippen LogP contribution < -0.4 is 4.74 Å². The van der Waals surface area contributed by atoms with Crippen molar-refractivity contribution in [3.8, 4) is 28.0 Å². The molecule has 0 unspecified atom stereocenters. The van der Waals surface area contributed by atoms with E-state index in [9.17, 15) is 25.2 Å². The molecule has 1 nitrogen and oxygen atoms in total. The number of halogens is 6. The Bertz CT molecular complexity index is 950. The number of hydrogen-bond donors (Lipinski definition) is 0. The summed E-state index contributed by atoms with van der Waals surface area (Å²) in [4.78, 5) is 1.06. The first-order valence-electron chi connectivity index (χ1n) is 8.45. The van der Waals surface area contributed by atoms with Gasteiger partial charge in [0.2, 0.25) is 0 Å². The summed E-state index contributed by atoms with van der Waals surface area (Å²) < 4.78 is 65.1. The van der Waals surface area contributed by atoms with Crippen LogP contribution in [0.5, 0.6) is 5.75 Å². The van der Waals surface area contributed by atoms with E-state index in [1.807, 2.05) is 25.1 Å². The Labute approximate surface area is 170 Å². The minimum atomic E-state index is -10.7. The van der Waals surface area contributed by atoms with Crippen LogP contribution in [-0.4, -0.2) is 6.61 Å². The van der Waals surface area contributed by atoms with Gasteiger partial charge in [-0.1, -0.05) is 60.7 Å². The van der Waals surface area contributed by atoms with Gasteiger partial charge in [0, 0.05) is 11.1 Å². The molecule has 3 aromatic rings. The van der Waals surface area contributed by atoms with Gasteiger partial charge in [-0.25, -0.2) is 0 Å². The Morgan fingerprint density at radius 1 is 0.690 bits per heavy atom. The standard InChI is InChI=1S/C20H18OS.F6P/c1-2-21-17-13-14-18(22)20(16-11-7-4-8-12-16)19(17)15-9-5-3-6-10-15;1-7(2,3,4,5)6/h3-14,22H,2H2,1H3;/q;-1/p+1. The Hall–Kier alpha value is -2.18. The molecular weight excluding hydrogens is 433 g/mol. The molecule has 0 amide bonds. The molecule has 0 aromatic heterocycles. The van der Waals surface area contributed by atoms with Gasteiger partial charge in [-0.05, 0) is 42.8 Å². The molecule has 0 atom stereocenters. The quantitative estimate of drug-likeness (QED) is 0.220. The maximum absolute atomic E-state index is 10.7. The average Bonchev–Trinajstić information content (AvgIpc) is 2.62. The van der Waals surface area contributed by atoms with Crippen LogP contribution in [0.3, 0.4) is 0 Å². The van der Waals surface area contributed by atoms with Crippen molar-refractivity contribution in [2.45, 2.75) is 11.8 Å². The van der Waals surface area contributed by atoms with Gasteiger partial charge in [-0.2, -0.15) is 0 Å². The summed E-state index contributed by atoms with van der Waals surface area (Å²) in [6.07, 6.45) is 0. The molecular formula is C20H19F6OPS. The fourth-order valence-electron chi connectivity index (χ4n) is 2.66. The third kappa shape index (κ3) is 8.38. The number of rotatable bonds is 4. The SMILES string of the molecule is CCOc1ccc([SH2+])c(-c2ccccc2)c1-c1ccccc1.F[P-](F)(F)(F)(F)F. The van der Waals surface area contributed by atoms with Gasteiger partial charge in [-0.15, -0.1) is 0 Å². The van der Waals surface area contributed by atoms with Crippen LogP contribution in [-0.2, 0) is 12.6 Å². The number of ether oxygens (including phenoxy) is 1. The van der Waals surface area contributed by atoms with Crippen LogP contribution in [0.25, 0.3) is 22.3 Å². The zero-order chi connectivity index (χ0) is 21.8. The van der Waals surface area contributed by atoms with Gasteiger partial charge in [0.15, 0.2) is 4.90 Å². The number of hydrogen-bond acceptors (Lipinski definition) is 1. The van der Waals surface area contributed by atoms with Crippen molar-refractivity contribution in [1.82, 2.24) is 0 Å². The third-order valence-corrected chi connectivity index (χ3v) is 4.01. The molecule has 29 heavy (non-hydrogen) atoms. The summed E-state index contributed by atoms with van der Waals surface area (Å²) in [6, 6.07) is 24.9. The molecule has 0 saturated heterocycles. The fourth-order valence-corrected chi connectivity index (χ4v) is 3.01. The van der Waals surface area contributed by atoms with Crippen LogP contribution >= 0.6 is 7.81 Å². The van der Waals surface area contributed by atoms with Gasteiger partial charge < -0.3 is 4.74 Å². The second-order valence-electron chi connectivity index (χ2n) is 5.98. The first-order valence-corrected chi connectivity index (χ1v) is 11.0. The van der Waals surface area contributed by atoms with Gasteiger partial charge in [0.1, 0.15) is 5.75 Å². The van der Waals surface area contributed by atoms with E-state index >= 15 is 0 Å². The molecule has 158 valence electrons. The van der Waals surface area contributed by atoms with E-state index in [2.05, 4.69) is 67.2 Å². The minimum absolute atomic E-state index is 0.648. The summed E-state index contributed by atoms with van der Waals surface area (Å²) in [5.74, 6) is 0.912. The molecule has 0 spiro atoms. The maximum atomic E-state index is 9.87. The molecule has 3 rings (SSSR count). The summed E-state index contributed by atoms with van der Waals surface area (Å²) in [6.45, 7) is 2.66. The van der Waals surface area contributed by atoms with Gasteiger partial charge >= 0.3 is 33.0 Å². The van der Waals surface area contributed by atoms with E-state index in [0.29, 0.717) is 6.61 Å². The van der Waals surface area contributed by atoms with Crippen LogP contribution in [0, 0.1) is 0 Å². The second-order valence-corrected chi connectivity index (χ2v) is 8.44. The Kier molecular flexibility index (Phi) is 6.31. The van der Waals surface area contributed by atoms with Crippen molar-refractivity contribution in [2.75, 3.05) is 6.61 Å². The predicted molar refractivity (Wildman–Crippen MR) is 110 cm³/mol. The van der Waals surface area contributed by atoms with Crippen molar-refractivity contribution in [3.63, 3.8) is 0 Å². The van der Waals surface area contributed by atoms with Gasteiger partial charge in [0.05, 0.1) is 6.61 Å². The molecule has 0 aliphatic heterocycles. The van der Waals surface area contributed by atoms with Crippen molar-refractivity contribution in [3.05, 3.63) is 72.8 Å². The summed E-state index contributed by atoms with van der Waals surface area (Å²) in [5.41, 5.74) is 4.62. The van der Waals surface area contributed by atoms with Gasteiger partial charge in [-0.3, -0.25) is 0 Å². The zero-order valence-electron chi connectivity index (χ0n) is 15.3. The van der Waals surface area contributed by atoms with E-state index < -0.39 is 7.81 Å². The van der Waals surface area contributed by atoms with E-state index in [1.54, 1.807) is 0 Å². The van der Waals surface area contributed by atoms with Crippen LogP contribution in [0.4, 0.5) is 25.2 Å².